The summed E-state index contributed by atoms with van der Waals surface area (Å²) in [6.45, 7) is 0.407. The molecule has 6 N–H and O–H groups in total. The summed E-state index contributed by atoms with van der Waals surface area (Å²) in [6, 6.07) is 6.17. The van der Waals surface area contributed by atoms with Gasteiger partial charge in [-0.2, -0.15) is 0 Å². The number of aliphatic imine (C=N–C) groups is 1. The Labute approximate surface area is 182 Å². The molecule has 164 valence electrons. The molecule has 3 rings (SSSR count). The van der Waals surface area contributed by atoms with Gasteiger partial charge in [0.25, 0.3) is 11.8 Å². The minimum Gasteiger partial charge on any atom is -0.375 e. The molecule has 0 saturated carbocycles. The number of amides is 3. The lowest BCUT2D eigenvalue weighted by atomic mass is 10.0. The summed E-state index contributed by atoms with van der Waals surface area (Å²) >= 11 is 4.65. The summed E-state index contributed by atoms with van der Waals surface area (Å²) < 4.78 is 25.8. The molecule has 0 aromatic heterocycles. The van der Waals surface area contributed by atoms with Gasteiger partial charge in [-0.05, 0) is 42.1 Å². The molecule has 1 aromatic carbocycles. The fourth-order valence-corrected chi connectivity index (χ4v) is 3.04. The largest absolute Gasteiger partial charge is 0.375 e. The number of alkyl halides is 2. The van der Waals surface area contributed by atoms with Crippen LogP contribution in [0, 0.1) is 0 Å². The van der Waals surface area contributed by atoms with Gasteiger partial charge in [0.05, 0.1) is 19.1 Å². The monoisotopic (exact) mass is 449 g/mol. The van der Waals surface area contributed by atoms with Gasteiger partial charge in [0.15, 0.2) is 5.11 Å². The lowest BCUT2D eigenvalue weighted by molar-refractivity contribution is -0.117. The van der Waals surface area contributed by atoms with E-state index in [0.717, 1.165) is 12.5 Å². The number of nitrogens with zero attached hydrogens (tertiary/aromatic N) is 2. The fraction of sp³-hybridized carbons (Fsp3) is 0.263. The molecule has 0 fully saturated rings. The van der Waals surface area contributed by atoms with Crippen LogP contribution in [0.5, 0.6) is 0 Å². The van der Waals surface area contributed by atoms with Gasteiger partial charge in [-0.3, -0.25) is 20.6 Å². The number of benzene rings is 1. The van der Waals surface area contributed by atoms with E-state index >= 15 is 0 Å². The number of urea groups is 1. The molecule has 0 radical (unpaired) electrons. The number of amidine groups is 1. The third kappa shape index (κ3) is 5.98. The molecule has 0 saturated heterocycles. The van der Waals surface area contributed by atoms with Gasteiger partial charge < -0.3 is 21.3 Å². The molecule has 2 aliphatic heterocycles. The molecule has 2 aliphatic rings. The van der Waals surface area contributed by atoms with E-state index in [-0.39, 0.29) is 11.2 Å². The number of carbonyl (C=O) groups is 2. The maximum atomic E-state index is 12.9. The second-order valence-electron chi connectivity index (χ2n) is 6.98. The second kappa shape index (κ2) is 9.08. The van der Waals surface area contributed by atoms with Crippen molar-refractivity contribution in [3.63, 3.8) is 0 Å². The van der Waals surface area contributed by atoms with E-state index in [1.54, 1.807) is 36.6 Å². The van der Waals surface area contributed by atoms with Crippen molar-refractivity contribution < 1.29 is 18.4 Å². The molecule has 9 nitrogen and oxygen atoms in total. The highest BCUT2D eigenvalue weighted by Crippen LogP contribution is 2.31. The number of thiocarbonyl (C=S) groups is 1. The Bertz CT molecular complexity index is 988. The van der Waals surface area contributed by atoms with E-state index in [9.17, 15) is 18.4 Å². The first-order valence-corrected chi connectivity index (χ1v) is 9.64. The van der Waals surface area contributed by atoms with Crippen molar-refractivity contribution in [3.8, 4) is 0 Å². The number of carbonyl (C=O) groups excluding carboxylic acids is 2. The Morgan fingerprint density at radius 2 is 2.13 bits per heavy atom. The lowest BCUT2D eigenvalue weighted by Crippen LogP contribution is -2.45. The van der Waals surface area contributed by atoms with Gasteiger partial charge in [-0.25, -0.2) is 13.6 Å². The van der Waals surface area contributed by atoms with E-state index in [4.69, 9.17) is 5.73 Å². The van der Waals surface area contributed by atoms with Crippen molar-refractivity contribution in [2.75, 3.05) is 18.4 Å². The van der Waals surface area contributed by atoms with Crippen LogP contribution in [0.15, 0.2) is 53.2 Å². The van der Waals surface area contributed by atoms with E-state index in [1.807, 2.05) is 11.0 Å². The molecule has 1 unspecified atom stereocenters. The van der Waals surface area contributed by atoms with Crippen LogP contribution in [0.3, 0.4) is 0 Å². The maximum absolute atomic E-state index is 12.9. The van der Waals surface area contributed by atoms with Crippen molar-refractivity contribution in [1.82, 2.24) is 21.1 Å². The smallest absolute Gasteiger partial charge is 0.319 e. The number of hydrogen-bond acceptors (Lipinski definition) is 5. The molecule has 31 heavy (non-hydrogen) atoms. The van der Waals surface area contributed by atoms with E-state index in [0.29, 0.717) is 23.6 Å². The van der Waals surface area contributed by atoms with Crippen molar-refractivity contribution >= 4 is 40.8 Å². The molecular weight excluding hydrogens is 428 g/mol. The molecule has 2 heterocycles. The molecule has 0 bridgehead atoms. The highest BCUT2D eigenvalue weighted by molar-refractivity contribution is 7.80. The van der Waals surface area contributed by atoms with Gasteiger partial charge in [-0.1, -0.05) is 12.1 Å². The zero-order chi connectivity index (χ0) is 22.6. The Hall–Kier alpha value is -3.54. The van der Waals surface area contributed by atoms with Crippen LogP contribution < -0.4 is 27.2 Å². The van der Waals surface area contributed by atoms with E-state index < -0.39 is 24.4 Å². The van der Waals surface area contributed by atoms with Crippen LogP contribution in [0.4, 0.5) is 19.3 Å². The Morgan fingerprint density at radius 3 is 2.84 bits per heavy atom. The predicted octanol–water partition coefficient (Wildman–Crippen LogP) is 1.54. The summed E-state index contributed by atoms with van der Waals surface area (Å²) in [5.74, 6) is -2.80. The van der Waals surface area contributed by atoms with Gasteiger partial charge >= 0.3 is 6.03 Å². The second-order valence-corrected chi connectivity index (χ2v) is 7.42. The minimum atomic E-state index is -2.99. The topological polar surface area (TPSA) is 124 Å². The first kappa shape index (κ1) is 22.2. The predicted molar refractivity (Wildman–Crippen MR) is 116 cm³/mol. The normalized spacial score (nSPS) is 17.3. The number of fused-ring (bicyclic) bond motifs is 1. The Balaban J connectivity index is 1.64. The van der Waals surface area contributed by atoms with Crippen LogP contribution in [0.2, 0.25) is 0 Å². The standard InChI is InChI=1S/C19H21F2N7O2S/c1-19(20,21)10-24-18(30)25-13-4-2-3-11(7-13)14-9-23-15-8-12(5-6-28(14)15)16(29)26-27-17(22)31/h2-8,14H,9-10H2,1H3,(H,26,29)(H3,22,27,31)(H2,24,25,30). The van der Waals surface area contributed by atoms with Crippen LogP contribution in [0.1, 0.15) is 18.5 Å². The number of rotatable bonds is 5. The third-order valence-corrected chi connectivity index (χ3v) is 4.48. The number of hydrazine groups is 1. The first-order chi connectivity index (χ1) is 14.6. The van der Waals surface area contributed by atoms with Crippen LogP contribution >= 0.6 is 12.2 Å². The number of halogens is 2. The van der Waals surface area contributed by atoms with Crippen molar-refractivity contribution in [1.29, 1.82) is 0 Å². The number of nitrogens with two attached hydrogens (primary N) is 1. The average molecular weight is 449 g/mol. The highest BCUT2D eigenvalue weighted by Gasteiger charge is 2.29. The Kier molecular flexibility index (Phi) is 6.49. The number of anilines is 1. The highest BCUT2D eigenvalue weighted by atomic mass is 32.1. The van der Waals surface area contributed by atoms with E-state index in [1.165, 1.54) is 0 Å². The quantitative estimate of drug-likeness (QED) is 0.343. The number of hydrogen-bond donors (Lipinski definition) is 5. The summed E-state index contributed by atoms with van der Waals surface area (Å²) in [5, 5.41) is 4.62. The SMILES string of the molecule is CC(F)(F)CNC(=O)Nc1cccc(C2CN=C3C=C(C(=O)NNC(N)=S)C=CN32)c1. The van der Waals surface area contributed by atoms with Crippen molar-refractivity contribution in [2.24, 2.45) is 10.7 Å². The van der Waals surface area contributed by atoms with E-state index in [2.05, 4.69) is 38.7 Å². The molecular formula is C19H21F2N7O2S. The molecule has 1 aromatic rings. The summed E-state index contributed by atoms with van der Waals surface area (Å²) in [4.78, 5) is 30.3. The van der Waals surface area contributed by atoms with Gasteiger partial charge in [0.1, 0.15) is 5.84 Å². The zero-order valence-corrected chi connectivity index (χ0v) is 17.3. The zero-order valence-electron chi connectivity index (χ0n) is 16.5. The maximum Gasteiger partial charge on any atom is 0.319 e. The Morgan fingerprint density at radius 1 is 1.35 bits per heavy atom. The van der Waals surface area contributed by atoms with Gasteiger partial charge in [0.2, 0.25) is 0 Å². The summed E-state index contributed by atoms with van der Waals surface area (Å²) in [5.41, 5.74) is 11.7. The molecule has 3 amide bonds. The third-order valence-electron chi connectivity index (χ3n) is 4.38. The first-order valence-electron chi connectivity index (χ1n) is 9.23. The molecule has 12 heteroatoms. The van der Waals surface area contributed by atoms with Gasteiger partial charge in [0, 0.05) is 24.4 Å². The van der Waals surface area contributed by atoms with Crippen LogP contribution in [-0.4, -0.2) is 46.8 Å². The van der Waals surface area contributed by atoms with Gasteiger partial charge in [-0.15, -0.1) is 0 Å². The molecule has 0 spiro atoms. The average Bonchev–Trinajstić information content (AvgIpc) is 3.13. The molecule has 0 aliphatic carbocycles. The minimum absolute atomic E-state index is 0.0563. The van der Waals surface area contributed by atoms with Crippen molar-refractivity contribution in [3.05, 3.63) is 53.8 Å². The fourth-order valence-electron chi connectivity index (χ4n) is 2.99. The molecule has 1 atom stereocenters. The van der Waals surface area contributed by atoms with Crippen molar-refractivity contribution in [2.45, 2.75) is 18.9 Å². The number of nitrogens with one attached hydrogen (secondary N) is 4. The van der Waals surface area contributed by atoms with Crippen LogP contribution in [-0.2, 0) is 4.79 Å². The summed E-state index contributed by atoms with van der Waals surface area (Å²) in [7, 11) is 0. The summed E-state index contributed by atoms with van der Waals surface area (Å²) in [6.07, 6.45) is 5.01. The van der Waals surface area contributed by atoms with Crippen LogP contribution in [0.25, 0.3) is 0 Å². The lowest BCUT2D eigenvalue weighted by Gasteiger charge is -2.26.